The molecular weight excluding hydrogens is 218 g/mol. The number of rotatable bonds is 5. The van der Waals surface area contributed by atoms with E-state index in [9.17, 15) is 0 Å². The van der Waals surface area contributed by atoms with Crippen molar-refractivity contribution >= 4 is 0 Å². The molecule has 94 valence electrons. The highest BCUT2D eigenvalue weighted by atomic mass is 16.5. The van der Waals surface area contributed by atoms with Crippen LogP contribution in [0.5, 0.6) is 5.88 Å². The van der Waals surface area contributed by atoms with Crippen LogP contribution in [0, 0.1) is 0 Å². The van der Waals surface area contributed by atoms with Crippen molar-refractivity contribution in [3.63, 3.8) is 0 Å². The summed E-state index contributed by atoms with van der Waals surface area (Å²) in [5.41, 5.74) is 0.542. The first-order valence-electron chi connectivity index (χ1n) is 6.15. The molecule has 1 saturated heterocycles. The van der Waals surface area contributed by atoms with Gasteiger partial charge in [0.15, 0.2) is 0 Å². The van der Waals surface area contributed by atoms with Crippen LogP contribution in [-0.2, 0) is 6.61 Å². The van der Waals surface area contributed by atoms with Crippen molar-refractivity contribution in [2.45, 2.75) is 25.9 Å². The first-order chi connectivity index (χ1) is 8.38. The van der Waals surface area contributed by atoms with Gasteiger partial charge in [-0.2, -0.15) is 0 Å². The van der Waals surface area contributed by atoms with Crippen molar-refractivity contribution in [1.82, 2.24) is 14.9 Å². The Balaban J connectivity index is 1.73. The van der Waals surface area contributed by atoms with Gasteiger partial charge in [0.1, 0.15) is 6.61 Å². The molecule has 1 aliphatic rings. The molecule has 1 fully saturated rings. The van der Waals surface area contributed by atoms with Crippen LogP contribution in [0.4, 0.5) is 0 Å². The molecule has 0 radical (unpaired) electrons. The van der Waals surface area contributed by atoms with Crippen LogP contribution in [0.1, 0.15) is 25.0 Å². The lowest BCUT2D eigenvalue weighted by Crippen LogP contribution is -2.33. The maximum Gasteiger partial charge on any atom is 0.232 e. The maximum atomic E-state index is 8.93. The molecule has 2 heterocycles. The minimum Gasteiger partial charge on any atom is -0.475 e. The highest BCUT2D eigenvalue weighted by molar-refractivity contribution is 5.07. The van der Waals surface area contributed by atoms with Crippen molar-refractivity contribution < 1.29 is 9.84 Å². The summed E-state index contributed by atoms with van der Waals surface area (Å²) in [4.78, 5) is 10.5. The number of hydrogen-bond acceptors (Lipinski definition) is 5. The van der Waals surface area contributed by atoms with Gasteiger partial charge in [0.05, 0.1) is 24.7 Å². The van der Waals surface area contributed by atoms with Gasteiger partial charge >= 0.3 is 0 Å². The molecule has 2 rings (SSSR count). The second-order valence-electron chi connectivity index (χ2n) is 4.26. The Kier molecular flexibility index (Phi) is 4.70. The minimum absolute atomic E-state index is 0.101. The predicted molar refractivity (Wildman–Crippen MR) is 63.7 cm³/mol. The van der Waals surface area contributed by atoms with Crippen LogP contribution in [-0.4, -0.2) is 46.2 Å². The van der Waals surface area contributed by atoms with E-state index in [0.29, 0.717) is 18.2 Å². The summed E-state index contributed by atoms with van der Waals surface area (Å²) in [5.74, 6) is 0.494. The van der Waals surface area contributed by atoms with E-state index >= 15 is 0 Å². The van der Waals surface area contributed by atoms with Crippen molar-refractivity contribution in [3.05, 3.63) is 18.1 Å². The molecule has 0 saturated carbocycles. The standard InChI is InChI=1S/C12H19N3O2/c16-10-11-8-13-9-12(14-11)17-7-6-15-4-2-1-3-5-15/h8-9,16H,1-7,10H2. The minimum atomic E-state index is -0.101. The Hall–Kier alpha value is -1.20. The summed E-state index contributed by atoms with van der Waals surface area (Å²) in [5, 5.41) is 8.93. The van der Waals surface area contributed by atoms with Gasteiger partial charge in [-0.05, 0) is 25.9 Å². The molecule has 1 N–H and O–H groups in total. The molecule has 17 heavy (non-hydrogen) atoms. The number of aliphatic hydroxyl groups is 1. The smallest absolute Gasteiger partial charge is 0.232 e. The Morgan fingerprint density at radius 1 is 1.24 bits per heavy atom. The first kappa shape index (κ1) is 12.3. The lowest BCUT2D eigenvalue weighted by molar-refractivity contribution is 0.179. The Morgan fingerprint density at radius 2 is 2.06 bits per heavy atom. The van der Waals surface area contributed by atoms with Gasteiger partial charge in [0.25, 0.3) is 0 Å². The van der Waals surface area contributed by atoms with Crippen LogP contribution in [0.25, 0.3) is 0 Å². The van der Waals surface area contributed by atoms with Crippen LogP contribution < -0.4 is 4.74 Å². The van der Waals surface area contributed by atoms with E-state index in [4.69, 9.17) is 9.84 Å². The van der Waals surface area contributed by atoms with Crippen molar-refractivity contribution in [3.8, 4) is 5.88 Å². The third kappa shape index (κ3) is 3.94. The van der Waals surface area contributed by atoms with E-state index in [-0.39, 0.29) is 6.61 Å². The topological polar surface area (TPSA) is 58.5 Å². The average Bonchev–Trinajstić information content (AvgIpc) is 2.40. The highest BCUT2D eigenvalue weighted by Gasteiger charge is 2.09. The molecule has 0 bridgehead atoms. The Morgan fingerprint density at radius 3 is 2.82 bits per heavy atom. The molecule has 0 atom stereocenters. The fraction of sp³-hybridized carbons (Fsp3) is 0.667. The van der Waals surface area contributed by atoms with Crippen molar-refractivity contribution in [2.24, 2.45) is 0 Å². The second-order valence-corrected chi connectivity index (χ2v) is 4.26. The Bertz CT molecular complexity index is 340. The molecule has 0 aromatic carbocycles. The fourth-order valence-electron chi connectivity index (χ4n) is 1.99. The largest absolute Gasteiger partial charge is 0.475 e. The summed E-state index contributed by atoms with van der Waals surface area (Å²) < 4.78 is 5.52. The summed E-state index contributed by atoms with van der Waals surface area (Å²) in [6, 6.07) is 0. The molecular formula is C12H19N3O2. The normalized spacial score (nSPS) is 17.0. The van der Waals surface area contributed by atoms with Crippen molar-refractivity contribution in [1.29, 1.82) is 0 Å². The molecule has 1 aromatic rings. The third-order valence-electron chi connectivity index (χ3n) is 2.93. The van der Waals surface area contributed by atoms with E-state index in [1.165, 1.54) is 38.5 Å². The number of aromatic nitrogens is 2. The molecule has 0 aliphatic carbocycles. The lowest BCUT2D eigenvalue weighted by atomic mass is 10.1. The van der Waals surface area contributed by atoms with Gasteiger partial charge in [0, 0.05) is 6.54 Å². The molecule has 0 unspecified atom stereocenters. The summed E-state index contributed by atoms with van der Waals surface area (Å²) in [7, 11) is 0. The molecule has 0 spiro atoms. The van der Waals surface area contributed by atoms with E-state index in [0.717, 1.165) is 6.54 Å². The number of ether oxygens (including phenoxy) is 1. The number of nitrogens with zero attached hydrogens (tertiary/aromatic N) is 3. The predicted octanol–water partition coefficient (Wildman–Crippen LogP) is 0.834. The van der Waals surface area contributed by atoms with Gasteiger partial charge in [-0.1, -0.05) is 6.42 Å². The number of likely N-dealkylation sites (tertiary alicyclic amines) is 1. The molecule has 1 aliphatic heterocycles. The van der Waals surface area contributed by atoms with Gasteiger partial charge in [-0.15, -0.1) is 0 Å². The second kappa shape index (κ2) is 6.51. The lowest BCUT2D eigenvalue weighted by Gasteiger charge is -2.25. The van der Waals surface area contributed by atoms with Crippen LogP contribution >= 0.6 is 0 Å². The number of aliphatic hydroxyl groups excluding tert-OH is 1. The van der Waals surface area contributed by atoms with Crippen LogP contribution in [0.2, 0.25) is 0 Å². The van der Waals surface area contributed by atoms with E-state index in [2.05, 4.69) is 14.9 Å². The van der Waals surface area contributed by atoms with Gasteiger partial charge in [-0.3, -0.25) is 9.88 Å². The van der Waals surface area contributed by atoms with Gasteiger partial charge in [0.2, 0.25) is 5.88 Å². The maximum absolute atomic E-state index is 8.93. The van der Waals surface area contributed by atoms with Gasteiger partial charge < -0.3 is 9.84 Å². The van der Waals surface area contributed by atoms with Gasteiger partial charge in [-0.25, -0.2) is 4.98 Å². The van der Waals surface area contributed by atoms with Crippen molar-refractivity contribution in [2.75, 3.05) is 26.2 Å². The van der Waals surface area contributed by atoms with E-state index in [1.807, 2.05) is 0 Å². The summed E-state index contributed by atoms with van der Waals surface area (Å²) >= 11 is 0. The zero-order valence-electron chi connectivity index (χ0n) is 10.0. The summed E-state index contributed by atoms with van der Waals surface area (Å²) in [6.45, 7) is 3.81. The quantitative estimate of drug-likeness (QED) is 0.822. The number of piperidine rings is 1. The fourth-order valence-corrected chi connectivity index (χ4v) is 1.99. The molecule has 1 aromatic heterocycles. The zero-order valence-corrected chi connectivity index (χ0v) is 10.0. The van der Waals surface area contributed by atoms with Crippen LogP contribution in [0.3, 0.4) is 0 Å². The molecule has 0 amide bonds. The number of hydrogen-bond donors (Lipinski definition) is 1. The highest BCUT2D eigenvalue weighted by Crippen LogP contribution is 2.09. The van der Waals surface area contributed by atoms with E-state index < -0.39 is 0 Å². The van der Waals surface area contributed by atoms with E-state index in [1.54, 1.807) is 6.20 Å². The zero-order chi connectivity index (χ0) is 11.9. The summed E-state index contributed by atoms with van der Waals surface area (Å²) in [6.07, 6.45) is 7.05. The SMILES string of the molecule is OCc1cncc(OCCN2CCCCC2)n1. The molecule has 5 heteroatoms. The first-order valence-corrected chi connectivity index (χ1v) is 6.15. The monoisotopic (exact) mass is 237 g/mol. The van der Waals surface area contributed by atoms with Crippen LogP contribution in [0.15, 0.2) is 12.4 Å². The third-order valence-corrected chi connectivity index (χ3v) is 2.93. The molecule has 5 nitrogen and oxygen atoms in total. The average molecular weight is 237 g/mol. The Labute approximate surface area is 101 Å².